The number of carbonyl (C=O) groups is 3. The highest BCUT2D eigenvalue weighted by Gasteiger charge is 2.51. The molecule has 0 unspecified atom stereocenters. The fourth-order valence-electron chi connectivity index (χ4n) is 7.02. The van der Waals surface area contributed by atoms with Gasteiger partial charge in [-0.05, 0) is 55.2 Å². The maximum atomic E-state index is 13.2. The van der Waals surface area contributed by atoms with Crippen molar-refractivity contribution in [2.24, 2.45) is 5.92 Å². The van der Waals surface area contributed by atoms with Gasteiger partial charge in [-0.25, -0.2) is 4.79 Å². The van der Waals surface area contributed by atoms with Crippen molar-refractivity contribution in [2.75, 3.05) is 49.7 Å². The maximum absolute atomic E-state index is 13.2. The van der Waals surface area contributed by atoms with E-state index < -0.39 is 23.8 Å². The molecule has 0 aliphatic carbocycles. The summed E-state index contributed by atoms with van der Waals surface area (Å²) in [7, 11) is 0. The number of rotatable bonds is 10. The minimum Gasteiger partial charge on any atom is -0.465 e. The zero-order valence-electron chi connectivity index (χ0n) is 28.0. The quantitative estimate of drug-likeness (QED) is 0.235. The molecule has 3 saturated heterocycles. The van der Waals surface area contributed by atoms with Gasteiger partial charge in [-0.2, -0.15) is 0 Å². The molecule has 49 heavy (non-hydrogen) atoms. The molecule has 12 heteroatoms. The predicted molar refractivity (Wildman–Crippen MR) is 183 cm³/mol. The first-order chi connectivity index (χ1) is 23.8. The highest BCUT2D eigenvalue weighted by Crippen LogP contribution is 2.43. The van der Waals surface area contributed by atoms with Crippen molar-refractivity contribution in [1.82, 2.24) is 15.5 Å². The molecule has 3 aliphatic rings. The second kappa shape index (κ2) is 15.4. The molecule has 4 atom stereocenters. The number of piperidine rings is 1. The lowest BCUT2D eigenvalue weighted by atomic mass is 9.84. The molecule has 0 bridgehead atoms. The molecule has 3 aromatic carbocycles. The van der Waals surface area contributed by atoms with Crippen molar-refractivity contribution in [1.29, 1.82) is 0 Å². The molecule has 6 rings (SSSR count). The van der Waals surface area contributed by atoms with Crippen molar-refractivity contribution in [3.8, 4) is 0 Å². The van der Waals surface area contributed by atoms with E-state index in [0.717, 1.165) is 35.5 Å². The number of aliphatic hydroxyl groups is 1. The first-order valence-corrected chi connectivity index (χ1v) is 16.9. The number of esters is 1. The number of para-hydroxylation sites is 1. The van der Waals surface area contributed by atoms with Crippen LogP contribution in [0.5, 0.6) is 0 Å². The van der Waals surface area contributed by atoms with Gasteiger partial charge >= 0.3 is 12.0 Å². The van der Waals surface area contributed by atoms with Gasteiger partial charge in [0.1, 0.15) is 12.1 Å². The number of carbonyl (C=O) groups excluding carboxylic acids is 3. The zero-order valence-corrected chi connectivity index (χ0v) is 28.0. The summed E-state index contributed by atoms with van der Waals surface area (Å²) in [6.07, 6.45) is 0.173. The number of anilines is 2. The Hall–Kier alpha value is -4.49. The Kier molecular flexibility index (Phi) is 10.8. The topological polar surface area (TPSA) is 142 Å². The minimum absolute atomic E-state index is 0.0160. The van der Waals surface area contributed by atoms with Crippen LogP contribution in [0, 0.1) is 5.92 Å². The molecule has 0 aromatic heterocycles. The molecule has 4 N–H and O–H groups in total. The Morgan fingerprint density at radius 1 is 1.00 bits per heavy atom. The van der Waals surface area contributed by atoms with Crippen LogP contribution in [0.25, 0.3) is 0 Å². The van der Waals surface area contributed by atoms with Gasteiger partial charge in [0, 0.05) is 42.5 Å². The van der Waals surface area contributed by atoms with Crippen LogP contribution in [0.2, 0.25) is 0 Å². The van der Waals surface area contributed by atoms with E-state index in [9.17, 15) is 19.5 Å². The van der Waals surface area contributed by atoms with Gasteiger partial charge in [0.15, 0.2) is 6.29 Å². The van der Waals surface area contributed by atoms with Crippen LogP contribution in [0.15, 0.2) is 78.9 Å². The molecule has 3 amide bonds. The first kappa shape index (κ1) is 34.4. The molecule has 12 nitrogen and oxygen atoms in total. The van der Waals surface area contributed by atoms with Gasteiger partial charge in [0.2, 0.25) is 5.91 Å². The lowest BCUT2D eigenvalue weighted by Crippen LogP contribution is -2.57. The summed E-state index contributed by atoms with van der Waals surface area (Å²) in [5.41, 5.74) is 3.52. The number of aliphatic hydroxyl groups excluding tert-OH is 1. The summed E-state index contributed by atoms with van der Waals surface area (Å²) in [5.74, 6) is -0.448. The molecule has 3 aliphatic heterocycles. The predicted octanol–water partition coefficient (Wildman–Crippen LogP) is 4.08. The van der Waals surface area contributed by atoms with Gasteiger partial charge < -0.3 is 45.1 Å². The molecule has 3 aromatic rings. The molecule has 0 saturated carbocycles. The van der Waals surface area contributed by atoms with Crippen molar-refractivity contribution in [3.05, 3.63) is 95.6 Å². The van der Waals surface area contributed by atoms with E-state index in [4.69, 9.17) is 14.2 Å². The van der Waals surface area contributed by atoms with E-state index in [2.05, 4.69) is 44.8 Å². The SMILES string of the molecule is CCOC(=O)CNC(=O)Nc1cccc([C@@H]2O[C@H](CN3CCC4(CC3)C(=O)NCN4c3ccccc3)[C@H](C)[C@H](c3ccc(CO)cc3)O2)c1. The van der Waals surface area contributed by atoms with E-state index in [1.165, 1.54) is 0 Å². The summed E-state index contributed by atoms with van der Waals surface area (Å²) in [5, 5.41) is 18.0. The Morgan fingerprint density at radius 3 is 2.47 bits per heavy atom. The number of urea groups is 1. The first-order valence-electron chi connectivity index (χ1n) is 16.9. The molecule has 1 spiro atoms. The van der Waals surface area contributed by atoms with Crippen LogP contribution in [0.4, 0.5) is 16.2 Å². The van der Waals surface area contributed by atoms with Crippen LogP contribution < -0.4 is 20.9 Å². The second-order valence-corrected chi connectivity index (χ2v) is 12.8. The van der Waals surface area contributed by atoms with Crippen LogP contribution in [0.3, 0.4) is 0 Å². The van der Waals surface area contributed by atoms with E-state index in [1.807, 2.05) is 54.6 Å². The van der Waals surface area contributed by atoms with Gasteiger partial charge in [-0.1, -0.05) is 61.5 Å². The van der Waals surface area contributed by atoms with Gasteiger partial charge in [-0.3, -0.25) is 9.59 Å². The number of benzene rings is 3. The normalized spacial score (nSPS) is 23.6. The summed E-state index contributed by atoms with van der Waals surface area (Å²) in [4.78, 5) is 42.0. The summed E-state index contributed by atoms with van der Waals surface area (Å²) < 4.78 is 18.2. The van der Waals surface area contributed by atoms with Crippen LogP contribution in [-0.4, -0.2) is 79.0 Å². The van der Waals surface area contributed by atoms with Crippen molar-refractivity contribution < 1.29 is 33.7 Å². The van der Waals surface area contributed by atoms with Crippen LogP contribution >= 0.6 is 0 Å². The number of likely N-dealkylation sites (tertiary alicyclic amines) is 1. The number of nitrogens with zero attached hydrogens (tertiary/aromatic N) is 2. The lowest BCUT2D eigenvalue weighted by Gasteiger charge is -2.46. The van der Waals surface area contributed by atoms with Gasteiger partial charge in [0.25, 0.3) is 0 Å². The van der Waals surface area contributed by atoms with E-state index >= 15 is 0 Å². The Labute approximate surface area is 286 Å². The number of hydrogen-bond acceptors (Lipinski definition) is 9. The number of hydrogen-bond donors (Lipinski definition) is 4. The fourth-order valence-corrected chi connectivity index (χ4v) is 7.02. The number of amides is 3. The average Bonchev–Trinajstić information content (AvgIpc) is 3.44. The smallest absolute Gasteiger partial charge is 0.325 e. The summed E-state index contributed by atoms with van der Waals surface area (Å²) in [6.45, 7) is 6.43. The molecule has 0 radical (unpaired) electrons. The summed E-state index contributed by atoms with van der Waals surface area (Å²) in [6, 6.07) is 24.6. The van der Waals surface area contributed by atoms with E-state index in [1.54, 1.807) is 19.1 Å². The third-order valence-electron chi connectivity index (χ3n) is 9.76. The fraction of sp³-hybridized carbons (Fsp3) is 0.432. The van der Waals surface area contributed by atoms with Crippen molar-refractivity contribution in [2.45, 2.75) is 57.3 Å². The van der Waals surface area contributed by atoms with Gasteiger partial charge in [0.05, 0.1) is 32.1 Å². The van der Waals surface area contributed by atoms with Crippen LogP contribution in [0.1, 0.15) is 55.8 Å². The van der Waals surface area contributed by atoms with E-state index in [0.29, 0.717) is 31.7 Å². The number of ether oxygens (including phenoxy) is 3. The van der Waals surface area contributed by atoms with Crippen molar-refractivity contribution in [3.63, 3.8) is 0 Å². The largest absolute Gasteiger partial charge is 0.465 e. The molecule has 260 valence electrons. The number of nitrogens with one attached hydrogen (secondary N) is 3. The monoisotopic (exact) mass is 671 g/mol. The van der Waals surface area contributed by atoms with Crippen LogP contribution in [-0.2, 0) is 30.4 Å². The lowest BCUT2D eigenvalue weighted by molar-refractivity contribution is -0.276. The Morgan fingerprint density at radius 2 is 1.76 bits per heavy atom. The van der Waals surface area contributed by atoms with Crippen molar-refractivity contribution >= 4 is 29.3 Å². The minimum atomic E-state index is -0.724. The molecular formula is C37H45N5O7. The standard InChI is InChI=1S/C37H45N5O7/c1-3-47-32(44)21-38-36(46)40-29-9-7-8-28(20-29)34-48-31(25(2)33(49-34)27-14-12-26(23-43)13-15-27)22-41-18-16-37(17-19-41)35(45)39-24-42(37)30-10-5-4-6-11-30/h4-15,20,25,31,33-34,43H,3,16-19,21-24H2,1-2H3,(H,39,45)(H2,38,40,46)/t25-,31+,33+,34+/m0/s1. The highest BCUT2D eigenvalue weighted by atomic mass is 16.7. The highest BCUT2D eigenvalue weighted by molar-refractivity contribution is 5.93. The zero-order chi connectivity index (χ0) is 34.4. The summed E-state index contributed by atoms with van der Waals surface area (Å²) >= 11 is 0. The maximum Gasteiger partial charge on any atom is 0.325 e. The average molecular weight is 672 g/mol. The second-order valence-electron chi connectivity index (χ2n) is 12.8. The molecule has 3 fully saturated rings. The Balaban J connectivity index is 1.17. The van der Waals surface area contributed by atoms with E-state index in [-0.39, 0.29) is 43.8 Å². The van der Waals surface area contributed by atoms with Gasteiger partial charge in [-0.15, -0.1) is 0 Å². The molecule has 3 heterocycles. The molecular weight excluding hydrogens is 626 g/mol. The Bertz CT molecular complexity index is 1600. The third kappa shape index (κ3) is 7.73. The third-order valence-corrected chi connectivity index (χ3v) is 9.76.